The lowest BCUT2D eigenvalue weighted by atomic mass is 10.1. The van der Waals surface area contributed by atoms with Crippen LogP contribution in [0.3, 0.4) is 0 Å². The van der Waals surface area contributed by atoms with Crippen LogP contribution in [0.15, 0.2) is 12.7 Å². The molecule has 2 heterocycles. The molecule has 0 aliphatic heterocycles. The van der Waals surface area contributed by atoms with Gasteiger partial charge in [0.2, 0.25) is 11.9 Å². The largest absolute Gasteiger partial charge is 0.368 e. The Labute approximate surface area is 110 Å². The van der Waals surface area contributed by atoms with Crippen LogP contribution in [0, 0.1) is 5.92 Å². The standard InChI is InChI=1S/C11H16N8/c1-7-2-3-8(4-7)15-10-16-9(12)17-11(18-10)19-6-13-5-14-19/h5-8H,2-4H2,1H3,(H3,12,15,16,17,18). The second-order valence-corrected chi connectivity index (χ2v) is 4.92. The molecular formula is C11H16N8. The number of hydrogen-bond acceptors (Lipinski definition) is 7. The van der Waals surface area contributed by atoms with Gasteiger partial charge in [0.15, 0.2) is 0 Å². The number of anilines is 2. The first kappa shape index (κ1) is 11.8. The van der Waals surface area contributed by atoms with E-state index in [1.165, 1.54) is 23.8 Å². The van der Waals surface area contributed by atoms with E-state index in [4.69, 9.17) is 5.73 Å². The van der Waals surface area contributed by atoms with E-state index >= 15 is 0 Å². The highest BCUT2D eigenvalue weighted by atomic mass is 15.4. The van der Waals surface area contributed by atoms with E-state index in [1.807, 2.05) is 0 Å². The molecule has 2 aromatic rings. The lowest BCUT2D eigenvalue weighted by molar-refractivity contribution is 0.601. The third-order valence-electron chi connectivity index (χ3n) is 3.29. The Balaban J connectivity index is 1.82. The first-order valence-corrected chi connectivity index (χ1v) is 6.34. The van der Waals surface area contributed by atoms with Gasteiger partial charge in [0.05, 0.1) is 0 Å². The Hall–Kier alpha value is -2.25. The molecule has 100 valence electrons. The number of rotatable bonds is 3. The summed E-state index contributed by atoms with van der Waals surface area (Å²) in [5.74, 6) is 1.79. The fraction of sp³-hybridized carbons (Fsp3) is 0.545. The zero-order valence-corrected chi connectivity index (χ0v) is 10.7. The average molecular weight is 260 g/mol. The van der Waals surface area contributed by atoms with E-state index in [9.17, 15) is 0 Å². The molecule has 19 heavy (non-hydrogen) atoms. The Morgan fingerprint density at radius 1 is 1.32 bits per heavy atom. The molecule has 0 saturated heterocycles. The van der Waals surface area contributed by atoms with Crippen LogP contribution < -0.4 is 11.1 Å². The first-order chi connectivity index (χ1) is 9.20. The van der Waals surface area contributed by atoms with Crippen molar-refractivity contribution in [1.82, 2.24) is 29.7 Å². The number of nitrogens with one attached hydrogen (secondary N) is 1. The van der Waals surface area contributed by atoms with Gasteiger partial charge in [-0.25, -0.2) is 4.98 Å². The molecular weight excluding hydrogens is 244 g/mol. The molecule has 8 heteroatoms. The summed E-state index contributed by atoms with van der Waals surface area (Å²) in [5.41, 5.74) is 5.70. The molecule has 1 aliphatic rings. The summed E-state index contributed by atoms with van der Waals surface area (Å²) in [5, 5.41) is 7.29. The third-order valence-corrected chi connectivity index (χ3v) is 3.29. The second-order valence-electron chi connectivity index (χ2n) is 4.92. The molecule has 0 aromatic carbocycles. The van der Waals surface area contributed by atoms with Gasteiger partial charge in [-0.1, -0.05) is 6.92 Å². The monoisotopic (exact) mass is 260 g/mol. The molecule has 0 radical (unpaired) electrons. The van der Waals surface area contributed by atoms with Gasteiger partial charge in [0.25, 0.3) is 5.95 Å². The van der Waals surface area contributed by atoms with Crippen LogP contribution in [0.4, 0.5) is 11.9 Å². The maximum atomic E-state index is 5.70. The van der Waals surface area contributed by atoms with Crippen LogP contribution in [0.5, 0.6) is 0 Å². The minimum atomic E-state index is 0.175. The van der Waals surface area contributed by atoms with Crippen LogP contribution in [0.25, 0.3) is 5.95 Å². The predicted molar refractivity (Wildman–Crippen MR) is 69.6 cm³/mol. The van der Waals surface area contributed by atoms with Gasteiger partial charge in [0, 0.05) is 6.04 Å². The van der Waals surface area contributed by atoms with Gasteiger partial charge in [-0.05, 0) is 25.2 Å². The molecule has 3 rings (SSSR count). The van der Waals surface area contributed by atoms with Gasteiger partial charge in [-0.3, -0.25) is 0 Å². The molecule has 3 N–H and O–H groups in total. The third kappa shape index (κ3) is 2.61. The Kier molecular flexibility index (Phi) is 2.98. The second kappa shape index (κ2) is 4.79. The molecule has 2 atom stereocenters. The van der Waals surface area contributed by atoms with E-state index < -0.39 is 0 Å². The number of nitrogens with zero attached hydrogens (tertiary/aromatic N) is 6. The van der Waals surface area contributed by atoms with Crippen LogP contribution in [-0.2, 0) is 0 Å². The molecule has 1 fully saturated rings. The lowest BCUT2D eigenvalue weighted by Gasteiger charge is -2.12. The highest BCUT2D eigenvalue weighted by molar-refractivity contribution is 5.35. The van der Waals surface area contributed by atoms with Crippen LogP contribution in [-0.4, -0.2) is 35.8 Å². The van der Waals surface area contributed by atoms with Crippen molar-refractivity contribution in [2.45, 2.75) is 32.2 Å². The molecule has 0 bridgehead atoms. The lowest BCUT2D eigenvalue weighted by Crippen LogP contribution is -2.19. The van der Waals surface area contributed by atoms with E-state index in [0.29, 0.717) is 17.9 Å². The predicted octanol–water partition coefficient (Wildman–Crippen LogP) is 0.635. The summed E-state index contributed by atoms with van der Waals surface area (Å²) in [6.45, 7) is 2.25. The van der Waals surface area contributed by atoms with Crippen LogP contribution >= 0.6 is 0 Å². The van der Waals surface area contributed by atoms with E-state index in [-0.39, 0.29) is 5.95 Å². The molecule has 1 aliphatic carbocycles. The average Bonchev–Trinajstić information content (AvgIpc) is 3.00. The van der Waals surface area contributed by atoms with E-state index in [0.717, 1.165) is 18.8 Å². The fourth-order valence-corrected chi connectivity index (χ4v) is 2.38. The van der Waals surface area contributed by atoms with Crippen molar-refractivity contribution in [2.24, 2.45) is 5.92 Å². The SMILES string of the molecule is CC1CCC(Nc2nc(N)nc(-n3cncn3)n2)C1. The topological polar surface area (TPSA) is 107 Å². The van der Waals surface area contributed by atoms with Crippen molar-refractivity contribution in [3.8, 4) is 5.95 Å². The van der Waals surface area contributed by atoms with Crippen LogP contribution in [0.1, 0.15) is 26.2 Å². The molecule has 2 unspecified atom stereocenters. The summed E-state index contributed by atoms with van der Waals surface area (Å²) in [6, 6.07) is 0.403. The van der Waals surface area contributed by atoms with E-state index in [2.05, 4.69) is 37.3 Å². The maximum Gasteiger partial charge on any atom is 0.258 e. The number of aromatic nitrogens is 6. The summed E-state index contributed by atoms with van der Waals surface area (Å²) in [6.07, 6.45) is 6.44. The van der Waals surface area contributed by atoms with Crippen molar-refractivity contribution in [3.05, 3.63) is 12.7 Å². The van der Waals surface area contributed by atoms with Gasteiger partial charge < -0.3 is 11.1 Å². The fourth-order valence-electron chi connectivity index (χ4n) is 2.38. The van der Waals surface area contributed by atoms with E-state index in [1.54, 1.807) is 0 Å². The normalized spacial score (nSPS) is 22.6. The molecule has 0 spiro atoms. The number of hydrogen-bond donors (Lipinski definition) is 2. The number of nitrogen functional groups attached to an aromatic ring is 1. The summed E-state index contributed by atoms with van der Waals surface area (Å²) < 4.78 is 1.46. The van der Waals surface area contributed by atoms with Gasteiger partial charge in [0.1, 0.15) is 12.7 Å². The zero-order chi connectivity index (χ0) is 13.2. The summed E-state index contributed by atoms with van der Waals surface area (Å²) in [4.78, 5) is 16.3. The minimum absolute atomic E-state index is 0.175. The Morgan fingerprint density at radius 3 is 2.89 bits per heavy atom. The minimum Gasteiger partial charge on any atom is -0.368 e. The highest BCUT2D eigenvalue weighted by Crippen LogP contribution is 2.26. The smallest absolute Gasteiger partial charge is 0.258 e. The van der Waals surface area contributed by atoms with Crippen molar-refractivity contribution in [2.75, 3.05) is 11.1 Å². The first-order valence-electron chi connectivity index (χ1n) is 6.34. The van der Waals surface area contributed by atoms with Crippen LogP contribution in [0.2, 0.25) is 0 Å². The maximum absolute atomic E-state index is 5.70. The number of nitrogens with two attached hydrogens (primary N) is 1. The van der Waals surface area contributed by atoms with Crippen molar-refractivity contribution in [3.63, 3.8) is 0 Å². The Morgan fingerprint density at radius 2 is 2.21 bits per heavy atom. The molecule has 2 aromatic heterocycles. The van der Waals surface area contributed by atoms with Gasteiger partial charge in [-0.2, -0.15) is 24.7 Å². The highest BCUT2D eigenvalue weighted by Gasteiger charge is 2.22. The van der Waals surface area contributed by atoms with Gasteiger partial charge in [-0.15, -0.1) is 0 Å². The quantitative estimate of drug-likeness (QED) is 0.833. The molecule has 8 nitrogen and oxygen atoms in total. The summed E-state index contributed by atoms with van der Waals surface area (Å²) in [7, 11) is 0. The summed E-state index contributed by atoms with van der Waals surface area (Å²) >= 11 is 0. The van der Waals surface area contributed by atoms with Crippen molar-refractivity contribution >= 4 is 11.9 Å². The van der Waals surface area contributed by atoms with Crippen molar-refractivity contribution in [1.29, 1.82) is 0 Å². The van der Waals surface area contributed by atoms with Crippen molar-refractivity contribution < 1.29 is 0 Å². The molecule has 0 amide bonds. The van der Waals surface area contributed by atoms with Gasteiger partial charge >= 0.3 is 0 Å². The zero-order valence-electron chi connectivity index (χ0n) is 10.7. The molecule has 1 saturated carbocycles. The Bertz CT molecular complexity index is 552.